The van der Waals surface area contributed by atoms with E-state index in [2.05, 4.69) is 12.2 Å². The van der Waals surface area contributed by atoms with Gasteiger partial charge in [-0.2, -0.15) is 0 Å². The lowest BCUT2D eigenvalue weighted by Crippen LogP contribution is -2.39. The second-order valence-corrected chi connectivity index (χ2v) is 3.57. The van der Waals surface area contributed by atoms with E-state index in [4.69, 9.17) is 14.2 Å². The van der Waals surface area contributed by atoms with Crippen LogP contribution in [0, 0.1) is 0 Å². The number of hydrogen-bond donors (Lipinski definition) is 1. The Labute approximate surface area is 85.9 Å². The topological polar surface area (TPSA) is 39.7 Å². The fourth-order valence-electron chi connectivity index (χ4n) is 1.35. The Kier molecular flexibility index (Phi) is 6.10. The standard InChI is InChI=1S/C10H21NO3/c1-3-12-7-9(2)11-6-10-4-5-13-8-14-10/h9-11H,3-8H2,1-2H3. The van der Waals surface area contributed by atoms with Gasteiger partial charge in [-0.3, -0.25) is 0 Å². The molecule has 0 aromatic carbocycles. The number of hydrogen-bond acceptors (Lipinski definition) is 4. The van der Waals surface area contributed by atoms with Gasteiger partial charge in [0.1, 0.15) is 6.79 Å². The van der Waals surface area contributed by atoms with Gasteiger partial charge in [0.2, 0.25) is 0 Å². The minimum Gasteiger partial charge on any atom is -0.380 e. The lowest BCUT2D eigenvalue weighted by atomic mass is 10.2. The smallest absolute Gasteiger partial charge is 0.147 e. The summed E-state index contributed by atoms with van der Waals surface area (Å²) in [4.78, 5) is 0. The Morgan fingerprint density at radius 1 is 1.57 bits per heavy atom. The van der Waals surface area contributed by atoms with Crippen molar-refractivity contribution in [3.05, 3.63) is 0 Å². The molecule has 1 N–H and O–H groups in total. The van der Waals surface area contributed by atoms with Crippen LogP contribution < -0.4 is 5.32 Å². The van der Waals surface area contributed by atoms with Crippen molar-refractivity contribution in [2.75, 3.05) is 33.2 Å². The predicted molar refractivity (Wildman–Crippen MR) is 54.3 cm³/mol. The SMILES string of the molecule is CCOCC(C)NCC1CCOCO1. The van der Waals surface area contributed by atoms with Gasteiger partial charge in [0.15, 0.2) is 0 Å². The highest BCUT2D eigenvalue weighted by molar-refractivity contribution is 4.67. The molecule has 1 rings (SSSR count). The summed E-state index contributed by atoms with van der Waals surface area (Å²) in [5, 5.41) is 3.38. The summed E-state index contributed by atoms with van der Waals surface area (Å²) in [6.07, 6.45) is 1.28. The molecule has 4 heteroatoms. The van der Waals surface area contributed by atoms with Crippen LogP contribution in [-0.4, -0.2) is 45.3 Å². The molecule has 0 aromatic heterocycles. The van der Waals surface area contributed by atoms with Crippen LogP contribution >= 0.6 is 0 Å². The third kappa shape index (κ3) is 4.91. The Morgan fingerprint density at radius 2 is 2.43 bits per heavy atom. The summed E-state index contributed by atoms with van der Waals surface area (Å²) >= 11 is 0. The summed E-state index contributed by atoms with van der Waals surface area (Å²) in [5.74, 6) is 0. The highest BCUT2D eigenvalue weighted by Crippen LogP contribution is 2.04. The number of nitrogens with one attached hydrogen (secondary N) is 1. The molecule has 0 spiro atoms. The van der Waals surface area contributed by atoms with Crippen molar-refractivity contribution in [2.45, 2.75) is 32.4 Å². The zero-order valence-electron chi connectivity index (χ0n) is 9.12. The molecule has 0 bridgehead atoms. The third-order valence-electron chi connectivity index (χ3n) is 2.24. The van der Waals surface area contributed by atoms with E-state index in [1.165, 1.54) is 0 Å². The van der Waals surface area contributed by atoms with Crippen molar-refractivity contribution < 1.29 is 14.2 Å². The van der Waals surface area contributed by atoms with Crippen molar-refractivity contribution in [1.29, 1.82) is 0 Å². The van der Waals surface area contributed by atoms with Crippen LogP contribution in [0.1, 0.15) is 20.3 Å². The normalized spacial score (nSPS) is 24.9. The Bertz CT molecular complexity index is 137. The first-order valence-corrected chi connectivity index (χ1v) is 5.33. The average molecular weight is 203 g/mol. The van der Waals surface area contributed by atoms with Gasteiger partial charge in [-0.15, -0.1) is 0 Å². The van der Waals surface area contributed by atoms with E-state index in [0.717, 1.165) is 32.8 Å². The molecule has 0 saturated carbocycles. The highest BCUT2D eigenvalue weighted by Gasteiger charge is 2.14. The van der Waals surface area contributed by atoms with E-state index >= 15 is 0 Å². The molecular formula is C10H21NO3. The number of ether oxygens (including phenoxy) is 3. The minimum atomic E-state index is 0.299. The van der Waals surface area contributed by atoms with Gasteiger partial charge in [0.05, 0.1) is 19.3 Å². The largest absolute Gasteiger partial charge is 0.380 e. The molecule has 0 aliphatic carbocycles. The van der Waals surface area contributed by atoms with Crippen molar-refractivity contribution >= 4 is 0 Å². The van der Waals surface area contributed by atoms with Gasteiger partial charge in [0.25, 0.3) is 0 Å². The van der Waals surface area contributed by atoms with Gasteiger partial charge in [-0.25, -0.2) is 0 Å². The molecule has 4 nitrogen and oxygen atoms in total. The van der Waals surface area contributed by atoms with Crippen LogP contribution in [0.5, 0.6) is 0 Å². The van der Waals surface area contributed by atoms with Crippen LogP contribution in [0.15, 0.2) is 0 Å². The molecule has 1 saturated heterocycles. The first kappa shape index (κ1) is 11.9. The predicted octanol–water partition coefficient (Wildman–Crippen LogP) is 0.764. The number of rotatable bonds is 6. The fraction of sp³-hybridized carbons (Fsp3) is 1.00. The molecule has 0 radical (unpaired) electrons. The monoisotopic (exact) mass is 203 g/mol. The molecule has 1 aliphatic heterocycles. The maximum atomic E-state index is 5.41. The molecule has 14 heavy (non-hydrogen) atoms. The van der Waals surface area contributed by atoms with E-state index in [9.17, 15) is 0 Å². The summed E-state index contributed by atoms with van der Waals surface area (Å²) < 4.78 is 15.8. The van der Waals surface area contributed by atoms with Crippen LogP contribution in [-0.2, 0) is 14.2 Å². The second kappa shape index (κ2) is 7.17. The molecule has 84 valence electrons. The van der Waals surface area contributed by atoms with E-state index < -0.39 is 0 Å². The van der Waals surface area contributed by atoms with Gasteiger partial charge in [-0.05, 0) is 20.3 Å². The van der Waals surface area contributed by atoms with Gasteiger partial charge in [0, 0.05) is 19.2 Å². The highest BCUT2D eigenvalue weighted by atomic mass is 16.7. The van der Waals surface area contributed by atoms with Gasteiger partial charge in [-0.1, -0.05) is 0 Å². The van der Waals surface area contributed by atoms with Crippen LogP contribution in [0.2, 0.25) is 0 Å². The fourth-order valence-corrected chi connectivity index (χ4v) is 1.35. The van der Waals surface area contributed by atoms with Crippen LogP contribution in [0.4, 0.5) is 0 Å². The lowest BCUT2D eigenvalue weighted by molar-refractivity contribution is -0.137. The van der Waals surface area contributed by atoms with Crippen molar-refractivity contribution in [3.8, 4) is 0 Å². The summed E-state index contributed by atoms with van der Waals surface area (Å²) in [5.41, 5.74) is 0. The molecule has 0 amide bonds. The molecule has 1 aliphatic rings. The van der Waals surface area contributed by atoms with Crippen molar-refractivity contribution in [3.63, 3.8) is 0 Å². The molecule has 1 fully saturated rings. The lowest BCUT2D eigenvalue weighted by Gasteiger charge is -2.24. The zero-order chi connectivity index (χ0) is 10.2. The van der Waals surface area contributed by atoms with Crippen LogP contribution in [0.3, 0.4) is 0 Å². The minimum absolute atomic E-state index is 0.299. The summed E-state index contributed by atoms with van der Waals surface area (Å²) in [6.45, 7) is 7.80. The Balaban J connectivity index is 2.00. The molecule has 2 atom stereocenters. The summed E-state index contributed by atoms with van der Waals surface area (Å²) in [7, 11) is 0. The quantitative estimate of drug-likeness (QED) is 0.692. The van der Waals surface area contributed by atoms with Crippen molar-refractivity contribution in [1.82, 2.24) is 5.32 Å². The van der Waals surface area contributed by atoms with Gasteiger partial charge >= 0.3 is 0 Å². The van der Waals surface area contributed by atoms with Gasteiger partial charge < -0.3 is 19.5 Å². The third-order valence-corrected chi connectivity index (χ3v) is 2.24. The maximum Gasteiger partial charge on any atom is 0.147 e. The molecular weight excluding hydrogens is 182 g/mol. The van der Waals surface area contributed by atoms with Crippen LogP contribution in [0.25, 0.3) is 0 Å². The van der Waals surface area contributed by atoms with Crippen molar-refractivity contribution in [2.24, 2.45) is 0 Å². The average Bonchev–Trinajstić information content (AvgIpc) is 2.25. The molecule has 2 unspecified atom stereocenters. The van der Waals surface area contributed by atoms with E-state index in [1.807, 2.05) is 6.92 Å². The second-order valence-electron chi connectivity index (χ2n) is 3.57. The van der Waals surface area contributed by atoms with E-state index in [-0.39, 0.29) is 0 Å². The maximum absolute atomic E-state index is 5.41. The Morgan fingerprint density at radius 3 is 3.07 bits per heavy atom. The summed E-state index contributed by atoms with van der Waals surface area (Å²) in [6, 6.07) is 0.390. The van der Waals surface area contributed by atoms with E-state index in [1.54, 1.807) is 0 Å². The first-order valence-electron chi connectivity index (χ1n) is 5.33. The molecule has 0 aromatic rings. The zero-order valence-corrected chi connectivity index (χ0v) is 9.12. The Hall–Kier alpha value is -0.160. The molecule has 1 heterocycles. The first-order chi connectivity index (χ1) is 6.83. The van der Waals surface area contributed by atoms with E-state index in [0.29, 0.717) is 18.9 Å².